The highest BCUT2D eigenvalue weighted by molar-refractivity contribution is 6.04. The summed E-state index contributed by atoms with van der Waals surface area (Å²) >= 11 is 0. The van der Waals surface area contributed by atoms with E-state index in [-0.39, 0.29) is 5.91 Å². The maximum atomic E-state index is 12.7. The second kappa shape index (κ2) is 10.6. The zero-order chi connectivity index (χ0) is 23.9. The summed E-state index contributed by atoms with van der Waals surface area (Å²) in [4.78, 5) is 23.9. The molecule has 0 radical (unpaired) electrons. The molecule has 2 N–H and O–H groups in total. The summed E-state index contributed by atoms with van der Waals surface area (Å²) in [5, 5.41) is 6.29. The molecule has 6 heteroatoms. The largest absolute Gasteiger partial charge is 0.357 e. The highest BCUT2D eigenvalue weighted by Crippen LogP contribution is 2.23. The van der Waals surface area contributed by atoms with Crippen molar-refractivity contribution in [1.29, 1.82) is 0 Å². The molecule has 0 saturated heterocycles. The number of hydrogen-bond donors (Lipinski definition) is 2. The summed E-state index contributed by atoms with van der Waals surface area (Å²) in [5.74, 6) is 2.22. The third-order valence-electron chi connectivity index (χ3n) is 5.58. The molecule has 34 heavy (non-hydrogen) atoms. The zero-order valence-corrected chi connectivity index (χ0v) is 19.7. The van der Waals surface area contributed by atoms with E-state index in [0.717, 1.165) is 47.2 Å². The number of aromatic nitrogens is 2. The SMILES string of the molecule is CCN(CC)c1cc(Nc2ccc(NC(=O)c3ccc(-c4ccccc4)cc3)cc2)nc(C)n1. The minimum atomic E-state index is -0.143. The van der Waals surface area contributed by atoms with Crippen LogP contribution in [-0.4, -0.2) is 29.0 Å². The van der Waals surface area contributed by atoms with Crippen molar-refractivity contribution in [3.63, 3.8) is 0 Å². The van der Waals surface area contributed by atoms with E-state index in [2.05, 4.69) is 51.5 Å². The Morgan fingerprint density at radius 1 is 0.794 bits per heavy atom. The Kier molecular flexibility index (Phi) is 7.18. The van der Waals surface area contributed by atoms with E-state index < -0.39 is 0 Å². The van der Waals surface area contributed by atoms with Gasteiger partial charge in [-0.3, -0.25) is 4.79 Å². The van der Waals surface area contributed by atoms with Crippen molar-refractivity contribution in [2.45, 2.75) is 20.8 Å². The Bertz CT molecular complexity index is 1230. The third kappa shape index (κ3) is 5.59. The van der Waals surface area contributed by atoms with Gasteiger partial charge in [0.25, 0.3) is 5.91 Å². The molecule has 0 aliphatic carbocycles. The van der Waals surface area contributed by atoms with Crippen LogP contribution < -0.4 is 15.5 Å². The monoisotopic (exact) mass is 451 g/mol. The number of aryl methyl sites for hydroxylation is 1. The lowest BCUT2D eigenvalue weighted by Crippen LogP contribution is -2.23. The molecule has 1 amide bonds. The highest BCUT2D eigenvalue weighted by Gasteiger charge is 2.09. The van der Waals surface area contributed by atoms with Gasteiger partial charge >= 0.3 is 0 Å². The van der Waals surface area contributed by atoms with Gasteiger partial charge in [0.15, 0.2) is 0 Å². The van der Waals surface area contributed by atoms with Gasteiger partial charge in [-0.05, 0) is 68.3 Å². The van der Waals surface area contributed by atoms with Gasteiger partial charge in [-0.2, -0.15) is 0 Å². The minimum Gasteiger partial charge on any atom is -0.357 e. The molecule has 0 bridgehead atoms. The van der Waals surface area contributed by atoms with Crippen molar-refractivity contribution >= 4 is 28.9 Å². The Balaban J connectivity index is 1.41. The van der Waals surface area contributed by atoms with Crippen molar-refractivity contribution in [2.75, 3.05) is 28.6 Å². The van der Waals surface area contributed by atoms with E-state index in [0.29, 0.717) is 11.4 Å². The Morgan fingerprint density at radius 3 is 2.06 bits per heavy atom. The molecule has 1 heterocycles. The van der Waals surface area contributed by atoms with E-state index in [1.54, 1.807) is 0 Å². The van der Waals surface area contributed by atoms with E-state index in [1.165, 1.54) is 0 Å². The highest BCUT2D eigenvalue weighted by atomic mass is 16.1. The second-order valence-corrected chi connectivity index (χ2v) is 7.93. The molecule has 0 aliphatic heterocycles. The van der Waals surface area contributed by atoms with Gasteiger partial charge in [-0.25, -0.2) is 9.97 Å². The van der Waals surface area contributed by atoms with Crippen LogP contribution in [0.2, 0.25) is 0 Å². The molecular weight excluding hydrogens is 422 g/mol. The fourth-order valence-electron chi connectivity index (χ4n) is 3.76. The van der Waals surface area contributed by atoms with Crippen LogP contribution in [0.4, 0.5) is 23.0 Å². The number of carbonyl (C=O) groups is 1. The molecule has 4 rings (SSSR count). The molecule has 0 spiro atoms. The molecule has 0 unspecified atom stereocenters. The maximum absolute atomic E-state index is 12.7. The molecule has 1 aromatic heterocycles. The number of rotatable bonds is 8. The number of benzene rings is 3. The molecule has 4 aromatic rings. The molecule has 0 atom stereocenters. The van der Waals surface area contributed by atoms with Crippen LogP contribution >= 0.6 is 0 Å². The second-order valence-electron chi connectivity index (χ2n) is 7.93. The van der Waals surface area contributed by atoms with Gasteiger partial charge in [-0.15, -0.1) is 0 Å². The summed E-state index contributed by atoms with van der Waals surface area (Å²) < 4.78 is 0. The number of amides is 1. The van der Waals surface area contributed by atoms with E-state index >= 15 is 0 Å². The summed E-state index contributed by atoms with van der Waals surface area (Å²) in [6.45, 7) is 7.88. The Labute approximate surface area is 200 Å². The first-order valence-electron chi connectivity index (χ1n) is 11.5. The van der Waals surface area contributed by atoms with Gasteiger partial charge in [-0.1, -0.05) is 42.5 Å². The average molecular weight is 452 g/mol. The van der Waals surface area contributed by atoms with Crippen LogP contribution in [0.25, 0.3) is 11.1 Å². The first-order chi connectivity index (χ1) is 16.6. The van der Waals surface area contributed by atoms with Gasteiger partial charge in [0.05, 0.1) is 0 Å². The summed E-state index contributed by atoms with van der Waals surface area (Å²) in [6, 6.07) is 27.3. The Morgan fingerprint density at radius 2 is 1.41 bits per heavy atom. The topological polar surface area (TPSA) is 70.2 Å². The molecule has 3 aromatic carbocycles. The fourth-order valence-corrected chi connectivity index (χ4v) is 3.76. The lowest BCUT2D eigenvalue weighted by molar-refractivity contribution is 0.102. The summed E-state index contributed by atoms with van der Waals surface area (Å²) in [6.07, 6.45) is 0. The van der Waals surface area contributed by atoms with Crippen LogP contribution in [0.1, 0.15) is 30.0 Å². The molecule has 0 aliphatic rings. The van der Waals surface area contributed by atoms with Crippen molar-refractivity contribution in [2.24, 2.45) is 0 Å². The minimum absolute atomic E-state index is 0.143. The number of nitrogens with one attached hydrogen (secondary N) is 2. The number of nitrogens with zero attached hydrogens (tertiary/aromatic N) is 3. The molecule has 0 fully saturated rings. The van der Waals surface area contributed by atoms with Gasteiger partial charge in [0.2, 0.25) is 0 Å². The molecular formula is C28H29N5O. The smallest absolute Gasteiger partial charge is 0.255 e. The Hall–Kier alpha value is -4.19. The predicted molar refractivity (Wildman–Crippen MR) is 140 cm³/mol. The zero-order valence-electron chi connectivity index (χ0n) is 19.7. The average Bonchev–Trinajstić information content (AvgIpc) is 2.86. The van der Waals surface area contributed by atoms with E-state index in [9.17, 15) is 4.79 Å². The predicted octanol–water partition coefficient (Wildman–Crippen LogP) is 6.29. The number of carbonyl (C=O) groups excluding carboxylic acids is 1. The summed E-state index contributed by atoms with van der Waals surface area (Å²) in [5.41, 5.74) is 4.43. The molecule has 6 nitrogen and oxygen atoms in total. The van der Waals surface area contributed by atoms with Crippen molar-refractivity contribution in [1.82, 2.24) is 9.97 Å². The van der Waals surface area contributed by atoms with Crippen LogP contribution in [0, 0.1) is 6.92 Å². The first kappa shape index (κ1) is 23.0. The van der Waals surface area contributed by atoms with Crippen molar-refractivity contribution in [3.8, 4) is 11.1 Å². The number of anilines is 4. The molecule has 0 saturated carbocycles. The van der Waals surface area contributed by atoms with Crippen LogP contribution in [0.15, 0.2) is 84.9 Å². The molecule has 172 valence electrons. The quantitative estimate of drug-likeness (QED) is 0.329. The normalized spacial score (nSPS) is 10.6. The standard InChI is InChI=1S/C28H29N5O/c1-4-33(5-2)27-19-26(29-20(3)30-27)31-24-15-17-25(18-16-24)32-28(34)23-13-11-22(12-14-23)21-9-7-6-8-10-21/h6-19H,4-5H2,1-3H3,(H,32,34)(H,29,30,31). The fraction of sp³-hybridized carbons (Fsp3) is 0.179. The number of hydrogen-bond acceptors (Lipinski definition) is 5. The lowest BCUT2D eigenvalue weighted by atomic mass is 10.0. The maximum Gasteiger partial charge on any atom is 0.255 e. The van der Waals surface area contributed by atoms with Crippen LogP contribution in [0.3, 0.4) is 0 Å². The van der Waals surface area contributed by atoms with Crippen molar-refractivity contribution < 1.29 is 4.79 Å². The van der Waals surface area contributed by atoms with Crippen molar-refractivity contribution in [3.05, 3.63) is 96.3 Å². The van der Waals surface area contributed by atoms with Gasteiger partial charge < -0.3 is 15.5 Å². The van der Waals surface area contributed by atoms with E-state index in [4.69, 9.17) is 0 Å². The summed E-state index contributed by atoms with van der Waals surface area (Å²) in [7, 11) is 0. The lowest BCUT2D eigenvalue weighted by Gasteiger charge is -2.20. The van der Waals surface area contributed by atoms with E-state index in [1.807, 2.05) is 79.7 Å². The van der Waals surface area contributed by atoms with Crippen LogP contribution in [0.5, 0.6) is 0 Å². The van der Waals surface area contributed by atoms with Gasteiger partial charge in [0.1, 0.15) is 17.5 Å². The van der Waals surface area contributed by atoms with Gasteiger partial charge in [0, 0.05) is 36.1 Å². The third-order valence-corrected chi connectivity index (χ3v) is 5.58. The first-order valence-corrected chi connectivity index (χ1v) is 11.5. The van der Waals surface area contributed by atoms with Crippen LogP contribution in [-0.2, 0) is 0 Å².